The van der Waals surface area contributed by atoms with E-state index in [-0.39, 0.29) is 12.9 Å². The number of pyridine rings is 1. The van der Waals surface area contributed by atoms with Gasteiger partial charge in [-0.05, 0) is 6.07 Å². The summed E-state index contributed by atoms with van der Waals surface area (Å²) < 4.78 is 10.1. The summed E-state index contributed by atoms with van der Waals surface area (Å²) in [6.07, 6.45) is 1.90. The van der Waals surface area contributed by atoms with Gasteiger partial charge in [0.2, 0.25) is 0 Å². The molecule has 1 rings (SSSR count). The summed E-state index contributed by atoms with van der Waals surface area (Å²) in [5.41, 5.74) is 1.74. The topological polar surface area (TPSA) is 51.6 Å². The van der Waals surface area contributed by atoms with Crippen LogP contribution in [0.3, 0.4) is 0 Å². The predicted molar refractivity (Wildman–Crippen MR) is 51.8 cm³/mol. The smallest absolute Gasteiger partial charge is 0.184 e. The van der Waals surface area contributed by atoms with E-state index in [1.54, 1.807) is 20.4 Å². The highest BCUT2D eigenvalue weighted by molar-refractivity contribution is 5.15. The molecule has 0 amide bonds. The highest BCUT2D eigenvalue weighted by atomic mass is 16.7. The molecule has 0 spiro atoms. The fourth-order valence-electron chi connectivity index (χ4n) is 1.21. The van der Waals surface area contributed by atoms with Gasteiger partial charge >= 0.3 is 0 Å². The summed E-state index contributed by atoms with van der Waals surface area (Å²) in [5.74, 6) is 0. The second-order valence-corrected chi connectivity index (χ2v) is 2.86. The maximum Gasteiger partial charge on any atom is 0.184 e. The zero-order valence-corrected chi connectivity index (χ0v) is 8.43. The van der Waals surface area contributed by atoms with Gasteiger partial charge in [0.25, 0.3) is 0 Å². The van der Waals surface area contributed by atoms with Crippen molar-refractivity contribution in [2.75, 3.05) is 20.8 Å². The monoisotopic (exact) mass is 197 g/mol. The molecular weight excluding hydrogens is 182 g/mol. The lowest BCUT2D eigenvalue weighted by molar-refractivity contribution is -0.106. The molecule has 0 aliphatic carbocycles. The Balaban J connectivity index is 2.71. The largest absolute Gasteiger partial charge is 0.396 e. The number of hydrogen-bond acceptors (Lipinski definition) is 4. The van der Waals surface area contributed by atoms with Gasteiger partial charge < -0.3 is 14.6 Å². The van der Waals surface area contributed by atoms with Crippen molar-refractivity contribution in [1.82, 2.24) is 4.98 Å². The summed E-state index contributed by atoms with van der Waals surface area (Å²) in [7, 11) is 3.16. The van der Waals surface area contributed by atoms with E-state index in [4.69, 9.17) is 14.6 Å². The Bertz CT molecular complexity index is 257. The van der Waals surface area contributed by atoms with E-state index < -0.39 is 0 Å². The fourth-order valence-corrected chi connectivity index (χ4v) is 1.21. The lowest BCUT2D eigenvalue weighted by Gasteiger charge is -2.13. The SMILES string of the molecule is COC(OC)c1ccc(CCO)nc1. The first-order chi connectivity index (χ1) is 6.81. The standard InChI is InChI=1S/C10H15NO3/c1-13-10(14-2)8-3-4-9(5-6-12)11-7-8/h3-4,7,10,12H,5-6H2,1-2H3. The highest BCUT2D eigenvalue weighted by Gasteiger charge is 2.08. The molecule has 0 atom stereocenters. The van der Waals surface area contributed by atoms with E-state index in [0.29, 0.717) is 6.42 Å². The van der Waals surface area contributed by atoms with Crippen LogP contribution < -0.4 is 0 Å². The second kappa shape index (κ2) is 5.70. The van der Waals surface area contributed by atoms with Crippen LogP contribution in [0.2, 0.25) is 0 Å². The molecule has 0 aromatic carbocycles. The van der Waals surface area contributed by atoms with Crippen LogP contribution in [0.15, 0.2) is 18.3 Å². The molecule has 4 heteroatoms. The molecule has 0 fully saturated rings. The van der Waals surface area contributed by atoms with Crippen LogP contribution in [-0.2, 0) is 15.9 Å². The van der Waals surface area contributed by atoms with E-state index in [1.165, 1.54) is 0 Å². The second-order valence-electron chi connectivity index (χ2n) is 2.86. The predicted octanol–water partition coefficient (Wildman–Crippen LogP) is 0.908. The van der Waals surface area contributed by atoms with Gasteiger partial charge in [-0.15, -0.1) is 0 Å². The molecule has 4 nitrogen and oxygen atoms in total. The summed E-state index contributed by atoms with van der Waals surface area (Å²) in [6.45, 7) is 0.115. The Kier molecular flexibility index (Phi) is 4.52. The van der Waals surface area contributed by atoms with E-state index in [9.17, 15) is 0 Å². The fraction of sp³-hybridized carbons (Fsp3) is 0.500. The zero-order valence-electron chi connectivity index (χ0n) is 8.43. The molecule has 0 bridgehead atoms. The van der Waals surface area contributed by atoms with Gasteiger partial charge in [-0.3, -0.25) is 4.98 Å². The first-order valence-electron chi connectivity index (χ1n) is 4.43. The number of aliphatic hydroxyl groups is 1. The molecule has 0 saturated heterocycles. The average Bonchev–Trinajstić information content (AvgIpc) is 2.23. The minimum Gasteiger partial charge on any atom is -0.396 e. The first-order valence-corrected chi connectivity index (χ1v) is 4.43. The van der Waals surface area contributed by atoms with Crippen LogP contribution in [-0.4, -0.2) is 30.9 Å². The number of rotatable bonds is 5. The van der Waals surface area contributed by atoms with E-state index in [2.05, 4.69) is 4.98 Å². The lowest BCUT2D eigenvalue weighted by atomic mass is 10.2. The van der Waals surface area contributed by atoms with Gasteiger partial charge in [0, 0.05) is 44.7 Å². The van der Waals surface area contributed by atoms with E-state index in [1.807, 2.05) is 12.1 Å². The van der Waals surface area contributed by atoms with Crippen molar-refractivity contribution >= 4 is 0 Å². The quantitative estimate of drug-likeness (QED) is 0.713. The van der Waals surface area contributed by atoms with Crippen molar-refractivity contribution in [2.24, 2.45) is 0 Å². The van der Waals surface area contributed by atoms with Crippen molar-refractivity contribution in [2.45, 2.75) is 12.7 Å². The molecule has 14 heavy (non-hydrogen) atoms. The number of aliphatic hydroxyl groups excluding tert-OH is 1. The van der Waals surface area contributed by atoms with Gasteiger partial charge in [-0.25, -0.2) is 0 Å². The highest BCUT2D eigenvalue weighted by Crippen LogP contribution is 2.15. The van der Waals surface area contributed by atoms with Gasteiger partial charge in [-0.1, -0.05) is 6.07 Å². The number of hydrogen-bond donors (Lipinski definition) is 1. The van der Waals surface area contributed by atoms with Crippen LogP contribution in [0.5, 0.6) is 0 Å². The number of nitrogens with zero attached hydrogens (tertiary/aromatic N) is 1. The van der Waals surface area contributed by atoms with Crippen molar-refractivity contribution in [1.29, 1.82) is 0 Å². The van der Waals surface area contributed by atoms with Crippen LogP contribution in [0, 0.1) is 0 Å². The van der Waals surface area contributed by atoms with Gasteiger partial charge in [0.15, 0.2) is 6.29 Å². The van der Waals surface area contributed by atoms with Crippen LogP contribution in [0.25, 0.3) is 0 Å². The Morgan fingerprint density at radius 3 is 2.50 bits per heavy atom. The normalized spacial score (nSPS) is 10.9. The Hall–Kier alpha value is -0.970. The maximum atomic E-state index is 8.70. The third-order valence-electron chi connectivity index (χ3n) is 1.92. The van der Waals surface area contributed by atoms with Crippen LogP contribution in [0.4, 0.5) is 0 Å². The van der Waals surface area contributed by atoms with Gasteiger partial charge in [-0.2, -0.15) is 0 Å². The number of aromatic nitrogens is 1. The maximum absolute atomic E-state index is 8.70. The Morgan fingerprint density at radius 1 is 1.36 bits per heavy atom. The Morgan fingerprint density at radius 2 is 2.07 bits per heavy atom. The Labute approximate surface area is 83.5 Å². The summed E-state index contributed by atoms with van der Waals surface area (Å²) in [6, 6.07) is 3.74. The lowest BCUT2D eigenvalue weighted by Crippen LogP contribution is -2.05. The minimum atomic E-state index is -0.370. The summed E-state index contributed by atoms with van der Waals surface area (Å²) in [4.78, 5) is 4.17. The van der Waals surface area contributed by atoms with Crippen LogP contribution in [0.1, 0.15) is 17.5 Å². The van der Waals surface area contributed by atoms with Crippen molar-refractivity contribution in [3.05, 3.63) is 29.6 Å². The first kappa shape index (κ1) is 11.1. The molecule has 1 aromatic rings. The molecule has 0 aliphatic rings. The van der Waals surface area contributed by atoms with Crippen molar-refractivity contribution < 1.29 is 14.6 Å². The minimum absolute atomic E-state index is 0.115. The van der Waals surface area contributed by atoms with Crippen molar-refractivity contribution in [3.63, 3.8) is 0 Å². The van der Waals surface area contributed by atoms with E-state index >= 15 is 0 Å². The summed E-state index contributed by atoms with van der Waals surface area (Å²) in [5, 5.41) is 8.70. The molecule has 0 unspecified atom stereocenters. The molecule has 0 radical (unpaired) electrons. The van der Waals surface area contributed by atoms with E-state index in [0.717, 1.165) is 11.3 Å². The van der Waals surface area contributed by atoms with Gasteiger partial charge in [0.1, 0.15) is 0 Å². The summed E-state index contributed by atoms with van der Waals surface area (Å²) >= 11 is 0. The molecule has 1 aromatic heterocycles. The number of methoxy groups -OCH3 is 2. The zero-order chi connectivity index (χ0) is 10.4. The average molecular weight is 197 g/mol. The molecule has 1 N–H and O–H groups in total. The molecule has 0 aliphatic heterocycles. The van der Waals surface area contributed by atoms with Crippen molar-refractivity contribution in [3.8, 4) is 0 Å². The third kappa shape index (κ3) is 2.77. The molecule has 1 heterocycles. The molecule has 78 valence electrons. The van der Waals surface area contributed by atoms with Crippen LogP contribution >= 0.6 is 0 Å². The molecular formula is C10H15NO3. The van der Waals surface area contributed by atoms with Gasteiger partial charge in [0.05, 0.1) is 0 Å². The molecule has 0 saturated carbocycles. The third-order valence-corrected chi connectivity index (χ3v) is 1.92. The number of ether oxygens (including phenoxy) is 2.